The molecule has 0 saturated carbocycles. The van der Waals surface area contributed by atoms with Crippen molar-refractivity contribution in [3.05, 3.63) is 66.5 Å². The second-order valence-corrected chi connectivity index (χ2v) is 6.69. The molecule has 5 nitrogen and oxygen atoms in total. The molecule has 2 aromatic heterocycles. The van der Waals surface area contributed by atoms with Crippen LogP contribution in [0.5, 0.6) is 5.75 Å². The van der Waals surface area contributed by atoms with Crippen molar-refractivity contribution >= 4 is 16.9 Å². The van der Waals surface area contributed by atoms with Crippen LogP contribution < -0.4 is 10.5 Å². The number of nitrogens with two attached hydrogens (primary N) is 1. The van der Waals surface area contributed by atoms with Crippen LogP contribution in [0.25, 0.3) is 33.4 Å². The van der Waals surface area contributed by atoms with Gasteiger partial charge in [0.05, 0.1) is 18.2 Å². The number of ether oxygens (including phenoxy) is 1. The predicted molar refractivity (Wildman–Crippen MR) is 113 cm³/mol. The second-order valence-electron chi connectivity index (χ2n) is 6.69. The zero-order chi connectivity index (χ0) is 19.5. The molecule has 0 unspecified atom stereocenters. The van der Waals surface area contributed by atoms with Gasteiger partial charge < -0.3 is 10.5 Å². The van der Waals surface area contributed by atoms with Crippen LogP contribution in [-0.2, 0) is 6.42 Å². The van der Waals surface area contributed by atoms with E-state index in [1.165, 1.54) is 11.9 Å². The quantitative estimate of drug-likeness (QED) is 0.541. The van der Waals surface area contributed by atoms with E-state index < -0.39 is 0 Å². The van der Waals surface area contributed by atoms with Gasteiger partial charge in [0.1, 0.15) is 17.9 Å². The Hall–Kier alpha value is -3.47. The van der Waals surface area contributed by atoms with Crippen LogP contribution in [0.15, 0.2) is 60.9 Å². The monoisotopic (exact) mass is 370 g/mol. The number of rotatable bonds is 5. The van der Waals surface area contributed by atoms with Gasteiger partial charge >= 0.3 is 0 Å². The van der Waals surface area contributed by atoms with E-state index in [1.807, 2.05) is 24.3 Å². The minimum atomic E-state index is 0.436. The average molecular weight is 370 g/mol. The molecule has 5 heteroatoms. The van der Waals surface area contributed by atoms with Crippen LogP contribution >= 0.6 is 0 Å². The minimum Gasteiger partial charge on any atom is -0.497 e. The van der Waals surface area contributed by atoms with Crippen molar-refractivity contribution in [3.63, 3.8) is 0 Å². The van der Waals surface area contributed by atoms with Crippen molar-refractivity contribution in [3.8, 4) is 28.1 Å². The molecule has 2 aromatic carbocycles. The Kier molecular flexibility index (Phi) is 4.89. The number of methoxy groups -OCH3 is 1. The normalized spacial score (nSPS) is 10.9. The highest BCUT2D eigenvalue weighted by atomic mass is 16.5. The van der Waals surface area contributed by atoms with Gasteiger partial charge in [-0.3, -0.25) is 0 Å². The zero-order valence-corrected chi connectivity index (χ0v) is 16.0. The number of hydrogen-bond donors (Lipinski definition) is 1. The fourth-order valence-corrected chi connectivity index (χ4v) is 3.36. The first-order valence-corrected chi connectivity index (χ1v) is 9.34. The molecule has 28 heavy (non-hydrogen) atoms. The molecule has 0 spiro atoms. The number of anilines is 1. The summed E-state index contributed by atoms with van der Waals surface area (Å²) >= 11 is 0. The molecule has 0 amide bonds. The molecule has 140 valence electrons. The van der Waals surface area contributed by atoms with Crippen molar-refractivity contribution in [1.82, 2.24) is 15.0 Å². The smallest absolute Gasteiger partial charge is 0.165 e. The van der Waals surface area contributed by atoms with Crippen LogP contribution in [-0.4, -0.2) is 22.1 Å². The third kappa shape index (κ3) is 3.39. The minimum absolute atomic E-state index is 0.436. The molecule has 2 heterocycles. The van der Waals surface area contributed by atoms with Crippen molar-refractivity contribution in [1.29, 1.82) is 0 Å². The highest BCUT2D eigenvalue weighted by Crippen LogP contribution is 2.34. The van der Waals surface area contributed by atoms with Gasteiger partial charge in [0.2, 0.25) is 0 Å². The molecule has 0 saturated heterocycles. The summed E-state index contributed by atoms with van der Waals surface area (Å²) in [7, 11) is 1.66. The number of benzene rings is 2. The molecule has 0 aliphatic carbocycles. The first kappa shape index (κ1) is 17.9. The molecular weight excluding hydrogens is 348 g/mol. The maximum absolute atomic E-state index is 6.19. The van der Waals surface area contributed by atoms with Crippen molar-refractivity contribution < 1.29 is 4.74 Å². The molecule has 2 N–H and O–H groups in total. The Balaban J connectivity index is 1.89. The van der Waals surface area contributed by atoms with Crippen molar-refractivity contribution in [2.24, 2.45) is 0 Å². The van der Waals surface area contributed by atoms with E-state index >= 15 is 0 Å². The van der Waals surface area contributed by atoms with E-state index in [0.717, 1.165) is 46.4 Å². The maximum Gasteiger partial charge on any atom is 0.165 e. The number of nitrogens with zero attached hydrogens (tertiary/aromatic N) is 3. The average Bonchev–Trinajstić information content (AvgIpc) is 2.74. The molecule has 4 rings (SSSR count). The van der Waals surface area contributed by atoms with E-state index in [0.29, 0.717) is 11.5 Å². The van der Waals surface area contributed by atoms with Crippen LogP contribution in [0.2, 0.25) is 0 Å². The molecule has 0 aliphatic rings. The van der Waals surface area contributed by atoms with E-state index in [-0.39, 0.29) is 0 Å². The summed E-state index contributed by atoms with van der Waals surface area (Å²) in [6, 6.07) is 18.5. The summed E-state index contributed by atoms with van der Waals surface area (Å²) in [6.07, 6.45) is 3.65. The first-order chi connectivity index (χ1) is 13.7. The maximum atomic E-state index is 6.19. The molecule has 0 fully saturated rings. The molecule has 4 aromatic rings. The number of aryl methyl sites for hydroxylation is 1. The summed E-state index contributed by atoms with van der Waals surface area (Å²) in [6.45, 7) is 2.18. The standard InChI is InChI=1S/C23H22N4O/c1-3-4-15-5-7-16(8-6-15)19-13-20(17-9-11-18(28-2)12-10-17)27-23-21(19)22(24)25-14-26-23/h5-14H,3-4H2,1-2H3,(H2,24,25,26,27). The van der Waals surface area contributed by atoms with E-state index in [4.69, 9.17) is 15.5 Å². The van der Waals surface area contributed by atoms with Gasteiger partial charge in [0.25, 0.3) is 0 Å². The van der Waals surface area contributed by atoms with Gasteiger partial charge in [-0.15, -0.1) is 0 Å². The third-order valence-corrected chi connectivity index (χ3v) is 4.82. The van der Waals surface area contributed by atoms with Gasteiger partial charge in [-0.1, -0.05) is 37.6 Å². The van der Waals surface area contributed by atoms with Crippen LogP contribution in [0.1, 0.15) is 18.9 Å². The molecule has 0 atom stereocenters. The fraction of sp³-hybridized carbons (Fsp3) is 0.174. The molecule has 0 bridgehead atoms. The van der Waals surface area contributed by atoms with E-state index in [9.17, 15) is 0 Å². The topological polar surface area (TPSA) is 73.9 Å². The van der Waals surface area contributed by atoms with Crippen molar-refractivity contribution in [2.45, 2.75) is 19.8 Å². The Bertz CT molecular complexity index is 1110. The predicted octanol–water partition coefficient (Wildman–Crippen LogP) is 4.90. The van der Waals surface area contributed by atoms with Gasteiger partial charge in [-0.25, -0.2) is 15.0 Å². The highest BCUT2D eigenvalue weighted by molar-refractivity contribution is 6.00. The number of fused-ring (bicyclic) bond motifs is 1. The van der Waals surface area contributed by atoms with Crippen LogP contribution in [0.4, 0.5) is 5.82 Å². The highest BCUT2D eigenvalue weighted by Gasteiger charge is 2.14. The lowest BCUT2D eigenvalue weighted by atomic mass is 9.98. The van der Waals surface area contributed by atoms with Gasteiger partial charge in [-0.05, 0) is 53.4 Å². The van der Waals surface area contributed by atoms with E-state index in [1.54, 1.807) is 7.11 Å². The summed E-state index contributed by atoms with van der Waals surface area (Å²) < 4.78 is 5.26. The van der Waals surface area contributed by atoms with Gasteiger partial charge in [0, 0.05) is 5.56 Å². The summed E-state index contributed by atoms with van der Waals surface area (Å²) in [5.41, 5.74) is 12.0. The lowest BCUT2D eigenvalue weighted by molar-refractivity contribution is 0.415. The number of nitrogen functional groups attached to an aromatic ring is 1. The molecule has 0 radical (unpaired) electrons. The van der Waals surface area contributed by atoms with Crippen LogP contribution in [0.3, 0.4) is 0 Å². The molecular formula is C23H22N4O. The summed E-state index contributed by atoms with van der Waals surface area (Å²) in [5.74, 6) is 1.24. The number of hydrogen-bond acceptors (Lipinski definition) is 5. The lowest BCUT2D eigenvalue weighted by Gasteiger charge is -2.12. The van der Waals surface area contributed by atoms with Gasteiger partial charge in [0.15, 0.2) is 5.65 Å². The summed E-state index contributed by atoms with van der Waals surface area (Å²) in [5, 5.41) is 0.781. The lowest BCUT2D eigenvalue weighted by Crippen LogP contribution is -1.99. The zero-order valence-electron chi connectivity index (χ0n) is 16.0. The fourth-order valence-electron chi connectivity index (χ4n) is 3.36. The Morgan fingerprint density at radius 1 is 0.929 bits per heavy atom. The Morgan fingerprint density at radius 2 is 1.64 bits per heavy atom. The SMILES string of the molecule is CCCc1ccc(-c2cc(-c3ccc(OC)cc3)nc3ncnc(N)c23)cc1. The Morgan fingerprint density at radius 3 is 2.32 bits per heavy atom. The largest absolute Gasteiger partial charge is 0.497 e. The first-order valence-electron chi connectivity index (χ1n) is 9.34. The number of aromatic nitrogens is 3. The Labute approximate surface area is 164 Å². The summed E-state index contributed by atoms with van der Waals surface area (Å²) in [4.78, 5) is 13.3. The molecule has 0 aliphatic heterocycles. The van der Waals surface area contributed by atoms with Crippen molar-refractivity contribution in [2.75, 3.05) is 12.8 Å². The van der Waals surface area contributed by atoms with Gasteiger partial charge in [-0.2, -0.15) is 0 Å². The van der Waals surface area contributed by atoms with E-state index in [2.05, 4.69) is 47.2 Å². The second kappa shape index (κ2) is 7.64. The number of pyridine rings is 1. The van der Waals surface area contributed by atoms with Crippen LogP contribution in [0, 0.1) is 0 Å². The third-order valence-electron chi connectivity index (χ3n) is 4.82.